The van der Waals surface area contributed by atoms with Gasteiger partial charge in [0.15, 0.2) is 11.6 Å². The Bertz CT molecular complexity index is 3980. The summed E-state index contributed by atoms with van der Waals surface area (Å²) >= 11 is 6.41. The molecule has 0 atom stereocenters. The van der Waals surface area contributed by atoms with Crippen LogP contribution in [-0.4, -0.2) is 74.8 Å². The summed E-state index contributed by atoms with van der Waals surface area (Å²) in [5, 5.41) is 6.91. The van der Waals surface area contributed by atoms with Gasteiger partial charge in [-0.3, -0.25) is 9.97 Å². The van der Waals surface area contributed by atoms with Crippen LogP contribution in [0.1, 0.15) is 58.6 Å². The minimum Gasteiger partial charge on any atom is -0.345 e. The number of hydrogen-bond acceptors (Lipinski definition) is 9. The maximum absolute atomic E-state index is 14.4. The number of H-pyrrole nitrogens is 1. The second-order valence-electron chi connectivity index (χ2n) is 20.4. The molecule has 0 saturated heterocycles. The van der Waals surface area contributed by atoms with Gasteiger partial charge in [0.1, 0.15) is 0 Å². The molecule has 12 rings (SSSR count). The van der Waals surface area contributed by atoms with Gasteiger partial charge in [-0.15, -0.1) is 0 Å². The standard InChI is InChI=1S/C65H57ClN12O2/c1-5-41-25-47(43-13-15-44(16-14-43)59-35-69-38-70-59)30-51(27-41)71-64(79)77-22-19-57-56(37-77)61(75-62(73-57)46-11-9-21-67-32-46)54-18-17-45(24-40(54)4)48-29-49(34-68-33-48)63-74-58-20-23-78(65(80)72-52-28-42(6-2)26-50(66)31-52)36-55(58)60(76-63)53-12-8-7-10-39(53)3/h7-18,21,24-35,38H,5-6,19-20,22-23,36-37H2,1-4H3,(H,69,70)(H,71,79)(H,72,80). The number of aromatic nitrogens is 8. The number of benzene rings is 5. The number of aromatic amines is 1. The van der Waals surface area contributed by atoms with Crippen LogP contribution < -0.4 is 10.6 Å². The van der Waals surface area contributed by atoms with Crippen molar-refractivity contribution in [2.45, 2.75) is 66.5 Å². The predicted octanol–water partition coefficient (Wildman–Crippen LogP) is 14.0. The molecule has 2 aliphatic heterocycles. The predicted molar refractivity (Wildman–Crippen MR) is 316 cm³/mol. The number of pyridine rings is 2. The van der Waals surface area contributed by atoms with Gasteiger partial charge in [0.05, 0.1) is 54.1 Å². The summed E-state index contributed by atoms with van der Waals surface area (Å²) in [7, 11) is 0. The first-order valence-corrected chi connectivity index (χ1v) is 27.4. The van der Waals surface area contributed by atoms with E-state index < -0.39 is 0 Å². The molecule has 0 bridgehead atoms. The number of hydrogen-bond donors (Lipinski definition) is 3. The van der Waals surface area contributed by atoms with Gasteiger partial charge in [-0.2, -0.15) is 0 Å². The van der Waals surface area contributed by atoms with E-state index in [0.717, 1.165) is 130 Å². The Morgan fingerprint density at radius 1 is 0.537 bits per heavy atom. The van der Waals surface area contributed by atoms with Crippen molar-refractivity contribution < 1.29 is 9.59 Å². The average molecular weight is 1070 g/mol. The van der Waals surface area contributed by atoms with Crippen LogP contribution in [0.5, 0.6) is 0 Å². The number of nitrogens with zero attached hydrogens (tertiary/aromatic N) is 9. The summed E-state index contributed by atoms with van der Waals surface area (Å²) in [6.07, 6.45) is 13.4. The largest absolute Gasteiger partial charge is 0.345 e. The number of nitrogens with one attached hydrogen (secondary N) is 3. The molecule has 396 valence electrons. The van der Waals surface area contributed by atoms with E-state index in [4.69, 9.17) is 36.5 Å². The second kappa shape index (κ2) is 22.2. The molecule has 0 saturated carbocycles. The van der Waals surface area contributed by atoms with Gasteiger partial charge in [0, 0.05) is 106 Å². The van der Waals surface area contributed by atoms with Crippen LogP contribution in [-0.2, 0) is 38.8 Å². The number of amides is 4. The Morgan fingerprint density at radius 3 is 1.79 bits per heavy atom. The van der Waals surface area contributed by atoms with Crippen LogP contribution in [0.4, 0.5) is 21.0 Å². The van der Waals surface area contributed by atoms with Gasteiger partial charge in [0.25, 0.3) is 0 Å². The lowest BCUT2D eigenvalue weighted by atomic mass is 9.93. The molecule has 0 fully saturated rings. The van der Waals surface area contributed by atoms with Crippen molar-refractivity contribution in [3.63, 3.8) is 0 Å². The lowest BCUT2D eigenvalue weighted by Crippen LogP contribution is -2.39. The van der Waals surface area contributed by atoms with Gasteiger partial charge in [-0.1, -0.05) is 98.2 Å². The van der Waals surface area contributed by atoms with Gasteiger partial charge < -0.3 is 25.4 Å². The highest BCUT2D eigenvalue weighted by atomic mass is 35.5. The fourth-order valence-electron chi connectivity index (χ4n) is 10.8. The minimum absolute atomic E-state index is 0.190. The molecule has 2 aliphatic rings. The van der Waals surface area contributed by atoms with Crippen LogP contribution in [0.3, 0.4) is 0 Å². The van der Waals surface area contributed by atoms with E-state index in [1.807, 2.05) is 76.9 Å². The first-order chi connectivity index (χ1) is 39.0. The van der Waals surface area contributed by atoms with Crippen molar-refractivity contribution in [1.29, 1.82) is 0 Å². The third-order valence-electron chi connectivity index (χ3n) is 15.1. The van der Waals surface area contributed by atoms with Crippen LogP contribution >= 0.6 is 11.6 Å². The molecule has 5 aromatic carbocycles. The van der Waals surface area contributed by atoms with E-state index in [1.54, 1.807) is 24.8 Å². The molecule has 80 heavy (non-hydrogen) atoms. The van der Waals surface area contributed by atoms with E-state index in [-0.39, 0.29) is 12.1 Å². The maximum atomic E-state index is 14.4. The first kappa shape index (κ1) is 51.4. The highest BCUT2D eigenvalue weighted by Crippen LogP contribution is 2.38. The van der Waals surface area contributed by atoms with E-state index in [1.165, 1.54) is 0 Å². The molecule has 0 radical (unpaired) electrons. The van der Waals surface area contributed by atoms with E-state index in [2.05, 4.69) is 120 Å². The fraction of sp³-hybridized carbons (Fsp3) is 0.185. The summed E-state index contributed by atoms with van der Waals surface area (Å²) in [5.74, 6) is 1.15. The number of anilines is 2. The Kier molecular flexibility index (Phi) is 14.2. The number of aryl methyl sites for hydroxylation is 4. The molecule has 5 aromatic heterocycles. The molecule has 4 amide bonds. The van der Waals surface area contributed by atoms with Crippen LogP contribution in [0.15, 0.2) is 159 Å². The van der Waals surface area contributed by atoms with E-state index in [0.29, 0.717) is 61.4 Å². The fourth-order valence-corrected chi connectivity index (χ4v) is 11.0. The summed E-state index contributed by atoms with van der Waals surface area (Å²) in [6.45, 7) is 9.99. The topological polar surface area (TPSA) is 171 Å². The summed E-state index contributed by atoms with van der Waals surface area (Å²) < 4.78 is 0. The molecular formula is C65H57ClN12O2. The van der Waals surface area contributed by atoms with Crippen molar-refractivity contribution in [1.82, 2.24) is 49.7 Å². The van der Waals surface area contributed by atoms with E-state index >= 15 is 0 Å². The quantitative estimate of drug-likeness (QED) is 0.114. The lowest BCUT2D eigenvalue weighted by Gasteiger charge is -2.30. The summed E-state index contributed by atoms with van der Waals surface area (Å²) in [5.41, 5.74) is 20.3. The smallest absolute Gasteiger partial charge is 0.322 e. The SMILES string of the molecule is CCc1cc(Cl)cc(NC(=O)N2CCc3nc(-c4cncc(-c5ccc(-c6nc(-c7cccnc7)nc7c6CN(C(=O)Nc6cc(CC)cc(-c8ccc(-c9cnc[nH]9)cc8)c6)CC7)c(C)c5)c4)nc(-c4ccccc4C)c3C2)c1. The van der Waals surface area contributed by atoms with Crippen LogP contribution in [0, 0.1) is 13.8 Å². The lowest BCUT2D eigenvalue weighted by molar-refractivity contribution is 0.205. The number of fused-ring (bicyclic) bond motifs is 2. The summed E-state index contributed by atoms with van der Waals surface area (Å²) in [4.78, 5) is 69.1. The van der Waals surface area contributed by atoms with Crippen molar-refractivity contribution in [3.05, 3.63) is 208 Å². The zero-order chi connectivity index (χ0) is 54.9. The Labute approximate surface area is 469 Å². The molecule has 10 aromatic rings. The maximum Gasteiger partial charge on any atom is 0.322 e. The molecule has 7 heterocycles. The van der Waals surface area contributed by atoms with E-state index in [9.17, 15) is 9.59 Å². The molecule has 15 heteroatoms. The minimum atomic E-state index is -0.204. The molecule has 14 nitrogen and oxygen atoms in total. The highest BCUT2D eigenvalue weighted by molar-refractivity contribution is 6.31. The third-order valence-corrected chi connectivity index (χ3v) is 15.3. The number of carbonyl (C=O) groups excluding carboxylic acids is 2. The second-order valence-corrected chi connectivity index (χ2v) is 20.8. The molecule has 3 N–H and O–H groups in total. The number of halogens is 1. The van der Waals surface area contributed by atoms with Crippen LogP contribution in [0.25, 0.3) is 78.8 Å². The number of carbonyl (C=O) groups is 2. The third kappa shape index (κ3) is 10.6. The normalized spacial score (nSPS) is 12.9. The monoisotopic (exact) mass is 1070 g/mol. The van der Waals surface area contributed by atoms with Crippen molar-refractivity contribution in [2.24, 2.45) is 0 Å². The van der Waals surface area contributed by atoms with Gasteiger partial charge in [-0.05, 0) is 120 Å². The molecule has 0 unspecified atom stereocenters. The Balaban J connectivity index is 0.829. The average Bonchev–Trinajstić information content (AvgIpc) is 4.16. The Hall–Kier alpha value is -9.40. The molecule has 0 aliphatic carbocycles. The molecular weight excluding hydrogens is 1020 g/mol. The van der Waals surface area contributed by atoms with Crippen molar-refractivity contribution in [2.75, 3.05) is 23.7 Å². The number of rotatable bonds is 11. The summed E-state index contributed by atoms with van der Waals surface area (Å²) in [6, 6.07) is 40.4. The van der Waals surface area contributed by atoms with Crippen LogP contribution in [0.2, 0.25) is 5.02 Å². The van der Waals surface area contributed by atoms with Crippen molar-refractivity contribution >= 4 is 35.0 Å². The molecule has 0 spiro atoms. The number of imidazole rings is 1. The van der Waals surface area contributed by atoms with Gasteiger partial charge in [-0.25, -0.2) is 34.5 Å². The number of urea groups is 2. The highest BCUT2D eigenvalue weighted by Gasteiger charge is 2.30. The van der Waals surface area contributed by atoms with Gasteiger partial charge in [0.2, 0.25) is 0 Å². The first-order valence-electron chi connectivity index (χ1n) is 27.0. The van der Waals surface area contributed by atoms with Crippen molar-refractivity contribution in [3.8, 4) is 78.8 Å². The zero-order valence-corrected chi connectivity index (χ0v) is 45.6. The van der Waals surface area contributed by atoms with Gasteiger partial charge >= 0.3 is 12.1 Å². The zero-order valence-electron chi connectivity index (χ0n) is 44.9. The Morgan fingerprint density at radius 2 is 1.15 bits per heavy atom.